The van der Waals surface area contributed by atoms with E-state index in [1.165, 1.54) is 0 Å². The number of aromatic nitrogens is 2. The minimum Gasteiger partial charge on any atom is -0.339 e. The Morgan fingerprint density at radius 3 is 1.53 bits per heavy atom. The lowest BCUT2D eigenvalue weighted by Gasteiger charge is -2.34. The monoisotopic (exact) mass is 267 g/mol. The summed E-state index contributed by atoms with van der Waals surface area (Å²) in [4.78, 5) is 3.57. The lowest BCUT2D eigenvalue weighted by molar-refractivity contribution is 0.505. The van der Waals surface area contributed by atoms with Gasteiger partial charge in [0.25, 0.3) is 0 Å². The smallest absolute Gasteiger partial charge is 0.339 e. The first-order chi connectivity index (χ1) is 7.92. The van der Waals surface area contributed by atoms with Crippen molar-refractivity contribution in [3.63, 3.8) is 0 Å². The summed E-state index contributed by atoms with van der Waals surface area (Å²) in [5, 5.41) is 0. The zero-order valence-corrected chi connectivity index (χ0v) is 12.1. The molecule has 0 saturated heterocycles. The molecular weight excluding hydrogens is 250 g/mol. The van der Waals surface area contributed by atoms with Crippen LogP contribution in [0.4, 0.5) is 0 Å². The first kappa shape index (κ1) is 12.5. The van der Waals surface area contributed by atoms with E-state index in [0.717, 1.165) is 0 Å². The van der Waals surface area contributed by atoms with Crippen LogP contribution in [-0.4, -0.2) is 21.9 Å². The van der Waals surface area contributed by atoms with Gasteiger partial charge in [0.2, 0.25) is 0 Å². The van der Waals surface area contributed by atoms with E-state index in [-0.39, 0.29) is 5.54 Å². The molecule has 2 rings (SSSR count). The van der Waals surface area contributed by atoms with Crippen molar-refractivity contribution in [3.8, 4) is 0 Å². The lowest BCUT2D eigenvalue weighted by Crippen LogP contribution is -2.63. The first-order valence-electron chi connectivity index (χ1n) is 5.67. The molecule has 0 aromatic carbocycles. The van der Waals surface area contributed by atoms with Crippen molar-refractivity contribution in [2.45, 2.75) is 26.3 Å². The van der Waals surface area contributed by atoms with Crippen molar-refractivity contribution in [2.75, 3.05) is 0 Å². The molecule has 2 heterocycles. The van der Waals surface area contributed by atoms with E-state index >= 15 is 0 Å². The van der Waals surface area contributed by atoms with Crippen molar-refractivity contribution in [1.82, 2.24) is 13.4 Å². The van der Waals surface area contributed by atoms with Crippen molar-refractivity contribution >= 4 is 18.9 Å². The molecular formula is C12H18ClN3Si. The Kier molecular flexibility index (Phi) is 3.20. The van der Waals surface area contributed by atoms with Crippen LogP contribution in [-0.2, 0) is 0 Å². The Morgan fingerprint density at radius 1 is 0.882 bits per heavy atom. The highest BCUT2D eigenvalue weighted by molar-refractivity contribution is 7.17. The molecule has 1 N–H and O–H groups in total. The molecule has 0 atom stereocenters. The van der Waals surface area contributed by atoms with Crippen LogP contribution in [0.1, 0.15) is 20.8 Å². The molecule has 0 bridgehead atoms. The summed E-state index contributed by atoms with van der Waals surface area (Å²) in [5.41, 5.74) is -0.0392. The SMILES string of the molecule is CC(C)(C)N[Si](Cl)(n1cccc1)n1cccc1. The molecule has 0 amide bonds. The molecule has 3 nitrogen and oxygen atoms in total. The van der Waals surface area contributed by atoms with Gasteiger partial charge in [0.05, 0.1) is 0 Å². The van der Waals surface area contributed by atoms with Crippen LogP contribution in [0.2, 0.25) is 0 Å². The van der Waals surface area contributed by atoms with Gasteiger partial charge in [-0.15, -0.1) is 0 Å². The van der Waals surface area contributed by atoms with E-state index in [2.05, 4.69) is 34.2 Å². The first-order valence-corrected chi connectivity index (χ1v) is 8.58. The van der Waals surface area contributed by atoms with E-state index in [1.807, 2.05) is 49.1 Å². The molecule has 17 heavy (non-hydrogen) atoms. The molecule has 0 aliphatic carbocycles. The van der Waals surface area contributed by atoms with Gasteiger partial charge in [-0.05, 0) is 69.8 Å². The summed E-state index contributed by atoms with van der Waals surface area (Å²) in [7, 11) is -2.48. The maximum absolute atomic E-state index is 6.91. The molecule has 0 aliphatic heterocycles. The van der Waals surface area contributed by atoms with Gasteiger partial charge in [-0.2, -0.15) is 0 Å². The van der Waals surface area contributed by atoms with Gasteiger partial charge in [-0.1, -0.05) is 11.1 Å². The van der Waals surface area contributed by atoms with Gasteiger partial charge in [0.15, 0.2) is 0 Å². The number of nitrogens with zero attached hydrogens (tertiary/aromatic N) is 2. The van der Waals surface area contributed by atoms with Gasteiger partial charge < -0.3 is 8.47 Å². The third-order valence-electron chi connectivity index (χ3n) is 2.43. The summed E-state index contributed by atoms with van der Waals surface area (Å²) in [6.45, 7) is 6.39. The highest BCUT2D eigenvalue weighted by atomic mass is 35.6. The molecule has 0 saturated carbocycles. The second kappa shape index (κ2) is 4.36. The third kappa shape index (κ3) is 2.65. The summed E-state index contributed by atoms with van der Waals surface area (Å²) in [5.74, 6) is 0. The predicted molar refractivity (Wildman–Crippen MR) is 74.2 cm³/mol. The maximum atomic E-state index is 6.91. The second-order valence-corrected chi connectivity index (χ2v) is 9.18. The average molecular weight is 268 g/mol. The van der Waals surface area contributed by atoms with Gasteiger partial charge in [-0.25, -0.2) is 0 Å². The number of rotatable bonds is 3. The normalized spacial score (nSPS) is 12.9. The zero-order chi connectivity index (χ0) is 12.5. The van der Waals surface area contributed by atoms with Crippen LogP contribution in [0.5, 0.6) is 0 Å². The Hall–Kier alpha value is -0.973. The fourth-order valence-corrected chi connectivity index (χ4v) is 5.94. The quantitative estimate of drug-likeness (QED) is 0.670. The van der Waals surface area contributed by atoms with Gasteiger partial charge in [0.1, 0.15) is 0 Å². The highest BCUT2D eigenvalue weighted by Crippen LogP contribution is 2.17. The molecule has 2 aromatic rings. The Balaban J connectivity index is 2.44. The minimum atomic E-state index is -2.48. The number of nitrogens with one attached hydrogen (secondary N) is 1. The van der Waals surface area contributed by atoms with Crippen molar-refractivity contribution in [1.29, 1.82) is 0 Å². The van der Waals surface area contributed by atoms with Crippen LogP contribution in [0.3, 0.4) is 0 Å². The third-order valence-corrected chi connectivity index (χ3v) is 6.91. The van der Waals surface area contributed by atoms with E-state index in [1.54, 1.807) is 0 Å². The maximum Gasteiger partial charge on any atom is 0.459 e. The summed E-state index contributed by atoms with van der Waals surface area (Å²) < 4.78 is 4.17. The molecule has 0 aliphatic rings. The van der Waals surface area contributed by atoms with E-state index in [0.29, 0.717) is 0 Å². The van der Waals surface area contributed by atoms with Crippen LogP contribution in [0.25, 0.3) is 0 Å². The highest BCUT2D eigenvalue weighted by Gasteiger charge is 2.40. The molecule has 5 heteroatoms. The lowest BCUT2D eigenvalue weighted by atomic mass is 10.1. The Morgan fingerprint density at radius 2 is 1.24 bits per heavy atom. The van der Waals surface area contributed by atoms with E-state index < -0.39 is 7.87 Å². The van der Waals surface area contributed by atoms with Crippen molar-refractivity contribution in [2.24, 2.45) is 0 Å². The zero-order valence-electron chi connectivity index (χ0n) is 10.4. The Labute approximate surface area is 108 Å². The predicted octanol–water partition coefficient (Wildman–Crippen LogP) is 2.75. The van der Waals surface area contributed by atoms with Crippen LogP contribution in [0, 0.1) is 0 Å². The largest absolute Gasteiger partial charge is 0.459 e. The van der Waals surface area contributed by atoms with E-state index in [4.69, 9.17) is 11.1 Å². The van der Waals surface area contributed by atoms with Crippen LogP contribution < -0.4 is 4.98 Å². The molecule has 2 aromatic heterocycles. The summed E-state index contributed by atoms with van der Waals surface area (Å²) >= 11 is 6.91. The van der Waals surface area contributed by atoms with Gasteiger partial charge in [-0.3, -0.25) is 4.98 Å². The van der Waals surface area contributed by atoms with E-state index in [9.17, 15) is 0 Å². The molecule has 0 spiro atoms. The fraction of sp³-hybridized carbons (Fsp3) is 0.333. The van der Waals surface area contributed by atoms with Crippen LogP contribution >= 0.6 is 11.1 Å². The minimum absolute atomic E-state index is 0.0392. The topological polar surface area (TPSA) is 21.9 Å². The summed E-state index contributed by atoms with van der Waals surface area (Å²) in [6.07, 6.45) is 8.05. The number of hydrogen-bond donors (Lipinski definition) is 1. The van der Waals surface area contributed by atoms with Crippen molar-refractivity contribution < 1.29 is 0 Å². The molecule has 0 fully saturated rings. The van der Waals surface area contributed by atoms with Gasteiger partial charge in [0, 0.05) is 5.54 Å². The fourth-order valence-electron chi connectivity index (χ4n) is 1.80. The van der Waals surface area contributed by atoms with Crippen LogP contribution in [0.15, 0.2) is 49.1 Å². The standard InChI is InChI=1S/C12H18ClN3Si/c1-12(2,3)14-17(13,15-8-4-5-9-15)16-10-6-7-11-16/h4-11,14H,1-3H3. The summed E-state index contributed by atoms with van der Waals surface area (Å²) in [6, 6.07) is 7.99. The van der Waals surface area contributed by atoms with Gasteiger partial charge >= 0.3 is 7.87 Å². The number of halogens is 1. The second-order valence-electron chi connectivity index (χ2n) is 5.14. The number of hydrogen-bond acceptors (Lipinski definition) is 1. The average Bonchev–Trinajstić information content (AvgIpc) is 2.89. The molecule has 0 unspecified atom stereocenters. The molecule has 92 valence electrons. The van der Waals surface area contributed by atoms with Crippen molar-refractivity contribution in [3.05, 3.63) is 49.1 Å². The Bertz CT molecular complexity index is 422. The molecule has 0 radical (unpaired) electrons.